The van der Waals surface area contributed by atoms with Gasteiger partial charge < -0.3 is 15.8 Å². The molecule has 1 amide bonds. The van der Waals surface area contributed by atoms with Crippen molar-refractivity contribution in [3.05, 3.63) is 57.6 Å². The molecule has 0 bridgehead atoms. The highest BCUT2D eigenvalue weighted by molar-refractivity contribution is 6.31. The van der Waals surface area contributed by atoms with Gasteiger partial charge in [-0.15, -0.1) is 0 Å². The molecule has 0 saturated heterocycles. The first-order chi connectivity index (χ1) is 10.0. The average Bonchev–Trinajstić information content (AvgIpc) is 2.45. The topological polar surface area (TPSA) is 64.3 Å². The van der Waals surface area contributed by atoms with Crippen LogP contribution in [-0.2, 0) is 6.54 Å². The second kappa shape index (κ2) is 6.70. The number of carbonyl (C=O) groups is 1. The normalized spacial score (nSPS) is 10.2. The largest absolute Gasteiger partial charge is 0.496 e. The number of hydrogen-bond donors (Lipinski definition) is 2. The molecule has 0 aliphatic carbocycles. The molecule has 4 nitrogen and oxygen atoms in total. The molecule has 0 heterocycles. The van der Waals surface area contributed by atoms with Crippen molar-refractivity contribution in [1.82, 2.24) is 5.32 Å². The Balaban J connectivity index is 2.15. The molecule has 0 radical (unpaired) electrons. The summed E-state index contributed by atoms with van der Waals surface area (Å²) in [5.41, 5.74) is 7.18. The highest BCUT2D eigenvalue weighted by atomic mass is 35.5. The number of nitrogen functional groups attached to an aromatic ring is 1. The van der Waals surface area contributed by atoms with E-state index in [0.717, 1.165) is 0 Å². The van der Waals surface area contributed by atoms with Crippen LogP contribution in [0.4, 0.5) is 5.69 Å². The summed E-state index contributed by atoms with van der Waals surface area (Å²) in [6.45, 7) is 0.240. The van der Waals surface area contributed by atoms with E-state index < -0.39 is 0 Å². The quantitative estimate of drug-likeness (QED) is 0.846. The van der Waals surface area contributed by atoms with Crippen LogP contribution in [0.2, 0.25) is 10.0 Å². The van der Waals surface area contributed by atoms with E-state index in [2.05, 4.69) is 5.32 Å². The molecule has 0 aromatic heterocycles. The van der Waals surface area contributed by atoms with E-state index in [1.807, 2.05) is 0 Å². The zero-order chi connectivity index (χ0) is 15.4. The van der Waals surface area contributed by atoms with Gasteiger partial charge in [-0.1, -0.05) is 29.3 Å². The Bertz CT molecular complexity index is 675. The molecule has 110 valence electrons. The minimum Gasteiger partial charge on any atom is -0.496 e. The van der Waals surface area contributed by atoms with Gasteiger partial charge in [-0.2, -0.15) is 0 Å². The Morgan fingerprint density at radius 3 is 2.71 bits per heavy atom. The SMILES string of the molecule is COc1cccc(Cl)c1CNC(=O)c1ccc(Cl)cc1N. The molecule has 0 fully saturated rings. The third-order valence-electron chi connectivity index (χ3n) is 2.98. The maximum atomic E-state index is 12.1. The Kier molecular flexibility index (Phi) is 4.94. The van der Waals surface area contributed by atoms with Gasteiger partial charge in [0.2, 0.25) is 0 Å². The number of carbonyl (C=O) groups excluding carboxylic acids is 1. The number of benzene rings is 2. The fraction of sp³-hybridized carbons (Fsp3) is 0.133. The van der Waals surface area contributed by atoms with Crippen LogP contribution >= 0.6 is 23.2 Å². The Morgan fingerprint density at radius 1 is 1.29 bits per heavy atom. The molecule has 0 spiro atoms. The molecular formula is C15H14Cl2N2O2. The van der Waals surface area contributed by atoms with E-state index >= 15 is 0 Å². The first-order valence-electron chi connectivity index (χ1n) is 6.17. The third-order valence-corrected chi connectivity index (χ3v) is 3.57. The van der Waals surface area contributed by atoms with Crippen LogP contribution in [0.25, 0.3) is 0 Å². The van der Waals surface area contributed by atoms with Gasteiger partial charge in [0, 0.05) is 27.8 Å². The summed E-state index contributed by atoms with van der Waals surface area (Å²) in [5, 5.41) is 3.77. The van der Waals surface area contributed by atoms with Crippen molar-refractivity contribution >= 4 is 34.8 Å². The van der Waals surface area contributed by atoms with E-state index in [0.29, 0.717) is 32.6 Å². The number of nitrogens with two attached hydrogens (primary N) is 1. The summed E-state index contributed by atoms with van der Waals surface area (Å²) in [7, 11) is 1.55. The minimum absolute atomic E-state index is 0.240. The van der Waals surface area contributed by atoms with Gasteiger partial charge in [0.05, 0.1) is 12.7 Å². The number of halogens is 2. The van der Waals surface area contributed by atoms with Crippen molar-refractivity contribution in [2.45, 2.75) is 6.54 Å². The van der Waals surface area contributed by atoms with Gasteiger partial charge in [0.15, 0.2) is 0 Å². The number of methoxy groups -OCH3 is 1. The Labute approximate surface area is 132 Å². The summed E-state index contributed by atoms with van der Waals surface area (Å²) in [6.07, 6.45) is 0. The van der Waals surface area contributed by atoms with E-state index in [1.165, 1.54) is 6.07 Å². The van der Waals surface area contributed by atoms with E-state index in [9.17, 15) is 4.79 Å². The van der Waals surface area contributed by atoms with Crippen LogP contribution in [0.5, 0.6) is 5.75 Å². The number of amides is 1. The van der Waals surface area contributed by atoms with Crippen molar-refractivity contribution in [3.8, 4) is 5.75 Å². The van der Waals surface area contributed by atoms with Gasteiger partial charge in [-0.05, 0) is 30.3 Å². The summed E-state index contributed by atoms with van der Waals surface area (Å²) in [4.78, 5) is 12.1. The molecule has 0 aliphatic heterocycles. The summed E-state index contributed by atoms with van der Waals surface area (Å²) in [5.74, 6) is 0.318. The number of ether oxygens (including phenoxy) is 1. The zero-order valence-electron chi connectivity index (χ0n) is 11.3. The molecule has 2 rings (SSSR count). The van der Waals surface area contributed by atoms with Crippen molar-refractivity contribution in [1.29, 1.82) is 0 Å². The number of anilines is 1. The molecule has 0 atom stereocenters. The van der Waals surface area contributed by atoms with Crippen molar-refractivity contribution < 1.29 is 9.53 Å². The van der Waals surface area contributed by atoms with Crippen LogP contribution in [0.15, 0.2) is 36.4 Å². The van der Waals surface area contributed by atoms with E-state index in [-0.39, 0.29) is 12.5 Å². The molecular weight excluding hydrogens is 311 g/mol. The first kappa shape index (κ1) is 15.5. The maximum Gasteiger partial charge on any atom is 0.253 e. The monoisotopic (exact) mass is 324 g/mol. The average molecular weight is 325 g/mol. The molecule has 0 saturated carbocycles. The van der Waals surface area contributed by atoms with Crippen LogP contribution < -0.4 is 15.8 Å². The lowest BCUT2D eigenvalue weighted by atomic mass is 10.1. The lowest BCUT2D eigenvalue weighted by Gasteiger charge is -2.12. The molecule has 2 aromatic rings. The van der Waals surface area contributed by atoms with Gasteiger partial charge in [-0.25, -0.2) is 0 Å². The Hall–Kier alpha value is -1.91. The van der Waals surface area contributed by atoms with Crippen molar-refractivity contribution in [3.63, 3.8) is 0 Å². The molecule has 2 aromatic carbocycles. The van der Waals surface area contributed by atoms with Crippen molar-refractivity contribution in [2.75, 3.05) is 12.8 Å². The van der Waals surface area contributed by atoms with Crippen LogP contribution in [0, 0.1) is 0 Å². The number of rotatable bonds is 4. The molecule has 0 aliphatic rings. The molecule has 21 heavy (non-hydrogen) atoms. The lowest BCUT2D eigenvalue weighted by Crippen LogP contribution is -2.24. The maximum absolute atomic E-state index is 12.1. The van der Waals surface area contributed by atoms with Crippen LogP contribution in [0.3, 0.4) is 0 Å². The van der Waals surface area contributed by atoms with Crippen molar-refractivity contribution in [2.24, 2.45) is 0 Å². The summed E-state index contributed by atoms with van der Waals surface area (Å²) < 4.78 is 5.23. The standard InChI is InChI=1S/C15H14Cl2N2O2/c1-21-14-4-2-3-12(17)11(14)8-19-15(20)10-6-5-9(16)7-13(10)18/h2-7H,8,18H2,1H3,(H,19,20). The second-order valence-electron chi connectivity index (χ2n) is 4.33. The van der Waals surface area contributed by atoms with Gasteiger partial charge >= 0.3 is 0 Å². The second-order valence-corrected chi connectivity index (χ2v) is 5.18. The third kappa shape index (κ3) is 3.60. The predicted molar refractivity (Wildman–Crippen MR) is 85.0 cm³/mol. The van der Waals surface area contributed by atoms with Crippen LogP contribution in [-0.4, -0.2) is 13.0 Å². The Morgan fingerprint density at radius 2 is 2.05 bits per heavy atom. The summed E-state index contributed by atoms with van der Waals surface area (Å²) in [6, 6.07) is 10.0. The fourth-order valence-electron chi connectivity index (χ4n) is 1.91. The van der Waals surface area contributed by atoms with Crippen LogP contribution in [0.1, 0.15) is 15.9 Å². The molecule has 6 heteroatoms. The highest BCUT2D eigenvalue weighted by Gasteiger charge is 2.12. The minimum atomic E-state index is -0.300. The first-order valence-corrected chi connectivity index (χ1v) is 6.93. The summed E-state index contributed by atoms with van der Waals surface area (Å²) >= 11 is 11.9. The van der Waals surface area contributed by atoms with Gasteiger partial charge in [0.1, 0.15) is 5.75 Å². The highest BCUT2D eigenvalue weighted by Crippen LogP contribution is 2.26. The van der Waals surface area contributed by atoms with E-state index in [4.69, 9.17) is 33.7 Å². The lowest BCUT2D eigenvalue weighted by molar-refractivity contribution is 0.0951. The smallest absolute Gasteiger partial charge is 0.253 e. The predicted octanol–water partition coefficient (Wildman–Crippen LogP) is 3.51. The molecule has 3 N–H and O–H groups in total. The molecule has 0 unspecified atom stereocenters. The van der Waals surface area contributed by atoms with E-state index in [1.54, 1.807) is 37.4 Å². The fourth-order valence-corrected chi connectivity index (χ4v) is 2.32. The number of hydrogen-bond acceptors (Lipinski definition) is 3. The number of nitrogens with one attached hydrogen (secondary N) is 1. The zero-order valence-corrected chi connectivity index (χ0v) is 12.8. The van der Waals surface area contributed by atoms with Gasteiger partial charge in [0.25, 0.3) is 5.91 Å². The van der Waals surface area contributed by atoms with Gasteiger partial charge in [-0.3, -0.25) is 4.79 Å².